The Morgan fingerprint density at radius 1 is 1.53 bits per heavy atom. The van der Waals surface area contributed by atoms with Crippen molar-refractivity contribution < 1.29 is 4.42 Å². The topological polar surface area (TPSA) is 38.1 Å². The molecular formula is C10H12N2OS2. The van der Waals surface area contributed by atoms with Crippen LogP contribution in [0.2, 0.25) is 0 Å². The van der Waals surface area contributed by atoms with Gasteiger partial charge in [-0.2, -0.15) is 0 Å². The van der Waals surface area contributed by atoms with Crippen molar-refractivity contribution in [2.24, 2.45) is 0 Å². The van der Waals surface area contributed by atoms with Crippen molar-refractivity contribution in [3.05, 3.63) is 35.7 Å². The first-order valence-electron chi connectivity index (χ1n) is 4.70. The first-order chi connectivity index (χ1) is 7.45. The summed E-state index contributed by atoms with van der Waals surface area (Å²) in [5, 5.41) is 5.31. The molecule has 0 amide bonds. The molecule has 80 valence electrons. The molecule has 0 fully saturated rings. The van der Waals surface area contributed by atoms with E-state index in [0.717, 1.165) is 28.9 Å². The third-order valence-electron chi connectivity index (χ3n) is 1.79. The lowest BCUT2D eigenvalue weighted by Gasteiger charge is -2.00. The van der Waals surface area contributed by atoms with Crippen LogP contribution in [0.15, 0.2) is 38.7 Å². The van der Waals surface area contributed by atoms with Gasteiger partial charge in [-0.05, 0) is 12.1 Å². The van der Waals surface area contributed by atoms with Gasteiger partial charge in [-0.25, -0.2) is 4.98 Å². The summed E-state index contributed by atoms with van der Waals surface area (Å²) in [6, 6.07) is 3.88. The molecule has 0 aliphatic carbocycles. The van der Waals surface area contributed by atoms with Gasteiger partial charge in [-0.3, -0.25) is 0 Å². The van der Waals surface area contributed by atoms with Gasteiger partial charge in [0.15, 0.2) is 0 Å². The van der Waals surface area contributed by atoms with E-state index in [2.05, 4.69) is 10.3 Å². The van der Waals surface area contributed by atoms with Gasteiger partial charge in [0.1, 0.15) is 10.1 Å². The molecule has 3 nitrogen and oxygen atoms in total. The molecule has 5 heteroatoms. The summed E-state index contributed by atoms with van der Waals surface area (Å²) in [5.74, 6) is 2.02. The Bertz CT molecular complexity index is 322. The summed E-state index contributed by atoms with van der Waals surface area (Å²) in [5.41, 5.74) is 0. The number of rotatable bonds is 6. The van der Waals surface area contributed by atoms with E-state index < -0.39 is 0 Å². The highest BCUT2D eigenvalue weighted by Crippen LogP contribution is 2.19. The number of hydrogen-bond donors (Lipinski definition) is 1. The van der Waals surface area contributed by atoms with Crippen molar-refractivity contribution in [1.29, 1.82) is 0 Å². The van der Waals surface area contributed by atoms with Gasteiger partial charge in [-0.1, -0.05) is 11.8 Å². The van der Waals surface area contributed by atoms with Gasteiger partial charge < -0.3 is 9.73 Å². The molecule has 2 aromatic heterocycles. The summed E-state index contributed by atoms with van der Waals surface area (Å²) in [7, 11) is 0. The van der Waals surface area contributed by atoms with Crippen LogP contribution in [0, 0.1) is 0 Å². The maximum Gasteiger partial charge on any atom is 0.149 e. The van der Waals surface area contributed by atoms with Crippen LogP contribution in [0.5, 0.6) is 0 Å². The number of furan rings is 1. The van der Waals surface area contributed by atoms with Crippen LogP contribution in [0.4, 0.5) is 0 Å². The van der Waals surface area contributed by atoms with Crippen molar-refractivity contribution in [2.45, 2.75) is 10.9 Å². The smallest absolute Gasteiger partial charge is 0.149 e. The quantitative estimate of drug-likeness (QED) is 0.622. The molecule has 0 aliphatic heterocycles. The summed E-state index contributed by atoms with van der Waals surface area (Å²) < 4.78 is 6.34. The number of nitrogens with one attached hydrogen (secondary N) is 1. The minimum atomic E-state index is 0.797. The fourth-order valence-corrected chi connectivity index (χ4v) is 2.72. The van der Waals surface area contributed by atoms with Crippen molar-refractivity contribution in [3.63, 3.8) is 0 Å². The van der Waals surface area contributed by atoms with Crippen LogP contribution < -0.4 is 5.32 Å². The van der Waals surface area contributed by atoms with Gasteiger partial charge in [0.05, 0.1) is 12.8 Å². The van der Waals surface area contributed by atoms with Crippen LogP contribution in [-0.4, -0.2) is 17.3 Å². The molecule has 0 aromatic carbocycles. The average molecular weight is 240 g/mol. The zero-order valence-electron chi connectivity index (χ0n) is 8.18. The van der Waals surface area contributed by atoms with E-state index in [9.17, 15) is 0 Å². The predicted molar refractivity (Wildman–Crippen MR) is 63.3 cm³/mol. The number of aromatic nitrogens is 1. The SMILES string of the molecule is c1coc(CNCCSc2nccs2)c1. The highest BCUT2D eigenvalue weighted by Gasteiger charge is 1.97. The Kier molecular flexibility index (Phi) is 4.25. The van der Waals surface area contributed by atoms with Crippen molar-refractivity contribution >= 4 is 23.1 Å². The zero-order chi connectivity index (χ0) is 10.3. The molecule has 1 N–H and O–H groups in total. The van der Waals surface area contributed by atoms with Crippen molar-refractivity contribution in [3.8, 4) is 0 Å². The van der Waals surface area contributed by atoms with E-state index in [4.69, 9.17) is 4.42 Å². The molecule has 0 saturated heterocycles. The van der Waals surface area contributed by atoms with Gasteiger partial charge in [-0.15, -0.1) is 11.3 Å². The molecule has 0 bridgehead atoms. The molecule has 0 aliphatic rings. The summed E-state index contributed by atoms with van der Waals surface area (Å²) in [6.07, 6.45) is 3.53. The van der Waals surface area contributed by atoms with Crippen LogP contribution in [0.25, 0.3) is 0 Å². The van der Waals surface area contributed by atoms with Crippen molar-refractivity contribution in [2.75, 3.05) is 12.3 Å². The Hall–Kier alpha value is -0.780. The van der Waals surface area contributed by atoms with Crippen LogP contribution >= 0.6 is 23.1 Å². The molecular weight excluding hydrogens is 228 g/mol. The average Bonchev–Trinajstić information content (AvgIpc) is 2.88. The first-order valence-corrected chi connectivity index (χ1v) is 6.57. The first kappa shape index (κ1) is 10.7. The maximum atomic E-state index is 5.21. The van der Waals surface area contributed by atoms with Crippen LogP contribution in [0.1, 0.15) is 5.76 Å². The lowest BCUT2D eigenvalue weighted by Crippen LogP contribution is -2.15. The van der Waals surface area contributed by atoms with Gasteiger partial charge in [0.25, 0.3) is 0 Å². The number of thioether (sulfide) groups is 1. The fraction of sp³-hybridized carbons (Fsp3) is 0.300. The summed E-state index contributed by atoms with van der Waals surface area (Å²) in [6.45, 7) is 1.76. The standard InChI is InChI=1S/C10H12N2OS2/c1-2-9(13-5-1)8-11-3-6-14-10-12-4-7-15-10/h1-2,4-5,7,11H,3,6,8H2. The zero-order valence-corrected chi connectivity index (χ0v) is 9.81. The third kappa shape index (κ3) is 3.70. The second kappa shape index (κ2) is 5.95. The molecule has 0 radical (unpaired) electrons. The van der Waals surface area contributed by atoms with E-state index in [1.165, 1.54) is 0 Å². The lowest BCUT2D eigenvalue weighted by atomic mass is 10.4. The highest BCUT2D eigenvalue weighted by atomic mass is 32.2. The molecule has 0 spiro atoms. The molecule has 2 aromatic rings. The highest BCUT2D eigenvalue weighted by molar-refractivity contribution is 8.01. The monoisotopic (exact) mass is 240 g/mol. The Labute approximate surface area is 96.9 Å². The largest absolute Gasteiger partial charge is 0.468 e. The molecule has 0 saturated carbocycles. The second-order valence-electron chi connectivity index (χ2n) is 2.90. The molecule has 15 heavy (non-hydrogen) atoms. The summed E-state index contributed by atoms with van der Waals surface area (Å²) in [4.78, 5) is 4.20. The third-order valence-corrected chi connectivity index (χ3v) is 3.76. The summed E-state index contributed by atoms with van der Waals surface area (Å²) >= 11 is 3.46. The Morgan fingerprint density at radius 2 is 2.53 bits per heavy atom. The minimum absolute atomic E-state index is 0.797. The number of thiazole rings is 1. The Morgan fingerprint density at radius 3 is 3.27 bits per heavy atom. The van der Waals surface area contributed by atoms with Crippen LogP contribution in [-0.2, 0) is 6.54 Å². The molecule has 0 unspecified atom stereocenters. The fourth-order valence-electron chi connectivity index (χ4n) is 1.12. The number of hydrogen-bond acceptors (Lipinski definition) is 5. The maximum absolute atomic E-state index is 5.21. The number of nitrogens with zero attached hydrogens (tertiary/aromatic N) is 1. The van der Waals surface area contributed by atoms with Gasteiger partial charge >= 0.3 is 0 Å². The van der Waals surface area contributed by atoms with E-state index in [-0.39, 0.29) is 0 Å². The normalized spacial score (nSPS) is 10.7. The predicted octanol–water partition coefficient (Wildman–Crippen LogP) is 2.62. The van der Waals surface area contributed by atoms with Crippen LogP contribution in [0.3, 0.4) is 0 Å². The molecule has 2 heterocycles. The van der Waals surface area contributed by atoms with E-state index in [1.54, 1.807) is 29.4 Å². The second-order valence-corrected chi connectivity index (χ2v) is 5.14. The minimum Gasteiger partial charge on any atom is -0.468 e. The molecule has 2 rings (SSSR count). The van der Waals surface area contributed by atoms with E-state index >= 15 is 0 Å². The van der Waals surface area contributed by atoms with E-state index in [1.807, 2.05) is 23.7 Å². The Balaban J connectivity index is 1.56. The van der Waals surface area contributed by atoms with Crippen molar-refractivity contribution in [1.82, 2.24) is 10.3 Å². The lowest BCUT2D eigenvalue weighted by molar-refractivity contribution is 0.488. The van der Waals surface area contributed by atoms with E-state index in [0.29, 0.717) is 0 Å². The van der Waals surface area contributed by atoms with Gasteiger partial charge in [0, 0.05) is 23.9 Å². The van der Waals surface area contributed by atoms with Gasteiger partial charge in [0.2, 0.25) is 0 Å². The molecule has 0 atom stereocenters.